The third-order valence-corrected chi connectivity index (χ3v) is 6.04. The average Bonchev–Trinajstić information content (AvgIpc) is 3.31. The summed E-state index contributed by atoms with van der Waals surface area (Å²) in [4.78, 5) is 38.1. The van der Waals surface area contributed by atoms with Gasteiger partial charge in [0.15, 0.2) is 0 Å². The molecule has 3 heterocycles. The van der Waals surface area contributed by atoms with E-state index in [2.05, 4.69) is 15.0 Å². The molecule has 1 aromatic carbocycles. The summed E-state index contributed by atoms with van der Waals surface area (Å²) in [6.45, 7) is 1.61. The molecule has 0 unspecified atom stereocenters. The number of rotatable bonds is 7. The molecule has 1 N–H and O–H groups in total. The molecule has 0 radical (unpaired) electrons. The van der Waals surface area contributed by atoms with Crippen molar-refractivity contribution < 1.29 is 13.9 Å². The minimum Gasteiger partial charge on any atom is -0.493 e. The van der Waals surface area contributed by atoms with E-state index in [0.717, 1.165) is 17.8 Å². The number of H-pyrrole nitrogens is 1. The zero-order valence-electron chi connectivity index (χ0n) is 16.9. The normalized spacial score (nSPS) is 14.5. The highest BCUT2D eigenvalue weighted by Gasteiger charge is 2.25. The predicted molar refractivity (Wildman–Crippen MR) is 116 cm³/mol. The molecule has 0 saturated carbocycles. The Morgan fingerprint density at radius 3 is 2.87 bits per heavy atom. The third kappa shape index (κ3) is 5.55. The molecule has 1 aliphatic rings. The molecule has 1 saturated heterocycles. The van der Waals surface area contributed by atoms with E-state index in [1.165, 1.54) is 29.5 Å². The van der Waals surface area contributed by atoms with Crippen molar-refractivity contribution in [3.8, 4) is 16.5 Å². The van der Waals surface area contributed by atoms with E-state index in [1.54, 1.807) is 18.3 Å². The number of thiazole rings is 1. The quantitative estimate of drug-likeness (QED) is 0.565. The van der Waals surface area contributed by atoms with Gasteiger partial charge in [-0.25, -0.2) is 14.4 Å². The maximum absolute atomic E-state index is 13.1. The van der Waals surface area contributed by atoms with Crippen LogP contribution in [-0.2, 0) is 4.79 Å². The SMILES string of the molecule is O=C(CCCOc1cccc(F)c1)N1CCC(c2nc(-c3nccs3)cc(=O)[nH]2)CC1. The second kappa shape index (κ2) is 9.82. The van der Waals surface area contributed by atoms with Crippen molar-refractivity contribution in [1.29, 1.82) is 0 Å². The van der Waals surface area contributed by atoms with Crippen LogP contribution in [-0.4, -0.2) is 45.5 Å². The van der Waals surface area contributed by atoms with Gasteiger partial charge in [0.25, 0.3) is 5.56 Å². The zero-order valence-corrected chi connectivity index (χ0v) is 17.7. The number of aromatic nitrogens is 3. The lowest BCUT2D eigenvalue weighted by atomic mass is 9.95. The van der Waals surface area contributed by atoms with Gasteiger partial charge in [0.1, 0.15) is 28.1 Å². The van der Waals surface area contributed by atoms with Crippen molar-refractivity contribution >= 4 is 17.2 Å². The summed E-state index contributed by atoms with van der Waals surface area (Å²) in [5.41, 5.74) is 0.401. The number of nitrogens with one attached hydrogen (secondary N) is 1. The number of amides is 1. The molecule has 1 amide bonds. The van der Waals surface area contributed by atoms with Gasteiger partial charge in [0, 0.05) is 49.1 Å². The van der Waals surface area contributed by atoms with Gasteiger partial charge in [-0.1, -0.05) is 6.07 Å². The number of benzene rings is 1. The van der Waals surface area contributed by atoms with Crippen LogP contribution in [0, 0.1) is 5.82 Å². The van der Waals surface area contributed by atoms with E-state index in [1.807, 2.05) is 10.3 Å². The third-order valence-electron chi connectivity index (χ3n) is 5.25. The van der Waals surface area contributed by atoms with Crippen molar-refractivity contribution in [1.82, 2.24) is 19.9 Å². The van der Waals surface area contributed by atoms with E-state index >= 15 is 0 Å². The van der Waals surface area contributed by atoms with Crippen molar-refractivity contribution in [3.63, 3.8) is 0 Å². The van der Waals surface area contributed by atoms with Crippen LogP contribution in [0.5, 0.6) is 5.75 Å². The van der Waals surface area contributed by atoms with Gasteiger partial charge in [0.2, 0.25) is 5.91 Å². The summed E-state index contributed by atoms with van der Waals surface area (Å²) >= 11 is 1.44. The van der Waals surface area contributed by atoms with Gasteiger partial charge in [-0.15, -0.1) is 11.3 Å². The fraction of sp³-hybridized carbons (Fsp3) is 0.364. The summed E-state index contributed by atoms with van der Waals surface area (Å²) in [6.07, 6.45) is 4.13. The summed E-state index contributed by atoms with van der Waals surface area (Å²) in [7, 11) is 0. The fourth-order valence-electron chi connectivity index (χ4n) is 3.66. The summed E-state index contributed by atoms with van der Waals surface area (Å²) in [6, 6.07) is 7.44. The molecule has 0 aliphatic carbocycles. The van der Waals surface area contributed by atoms with Crippen molar-refractivity contribution in [2.24, 2.45) is 0 Å². The number of aromatic amines is 1. The van der Waals surface area contributed by atoms with E-state index in [0.29, 0.717) is 49.8 Å². The molecule has 0 spiro atoms. The second-order valence-electron chi connectivity index (χ2n) is 7.42. The van der Waals surface area contributed by atoms with Crippen LogP contribution in [0.4, 0.5) is 4.39 Å². The lowest BCUT2D eigenvalue weighted by Crippen LogP contribution is -2.38. The molecule has 31 heavy (non-hydrogen) atoms. The molecular formula is C22H23FN4O3S. The standard InChI is InChI=1S/C22H23FN4O3S/c23-16-3-1-4-17(13-16)30-11-2-5-20(29)27-9-6-15(7-10-27)21-25-18(14-19(28)26-21)22-24-8-12-31-22/h1,3-4,8,12-15H,2,5-7,9-11H2,(H,25,26,28). The molecule has 9 heteroatoms. The van der Waals surface area contributed by atoms with Crippen LogP contribution in [0.25, 0.3) is 10.7 Å². The molecular weight excluding hydrogens is 419 g/mol. The van der Waals surface area contributed by atoms with Crippen LogP contribution in [0.3, 0.4) is 0 Å². The Morgan fingerprint density at radius 2 is 2.13 bits per heavy atom. The number of likely N-dealkylation sites (tertiary alicyclic amines) is 1. The maximum Gasteiger partial charge on any atom is 0.251 e. The highest BCUT2D eigenvalue weighted by atomic mass is 32.1. The second-order valence-corrected chi connectivity index (χ2v) is 8.31. The van der Waals surface area contributed by atoms with Crippen molar-refractivity contribution in [3.05, 3.63) is 63.9 Å². The molecule has 1 fully saturated rings. The highest BCUT2D eigenvalue weighted by molar-refractivity contribution is 7.13. The van der Waals surface area contributed by atoms with E-state index < -0.39 is 0 Å². The number of piperidine rings is 1. The Morgan fingerprint density at radius 1 is 1.29 bits per heavy atom. The molecule has 162 valence electrons. The number of nitrogens with zero attached hydrogens (tertiary/aromatic N) is 3. The molecule has 3 aromatic rings. The number of hydrogen-bond donors (Lipinski definition) is 1. The van der Waals surface area contributed by atoms with Crippen LogP contribution in [0.15, 0.2) is 46.7 Å². The fourth-order valence-corrected chi connectivity index (χ4v) is 4.26. The van der Waals surface area contributed by atoms with E-state index in [-0.39, 0.29) is 23.2 Å². The Bertz CT molecular complexity index is 1080. The Balaban J connectivity index is 1.26. The van der Waals surface area contributed by atoms with Gasteiger partial charge in [-0.3, -0.25) is 9.59 Å². The van der Waals surface area contributed by atoms with Gasteiger partial charge >= 0.3 is 0 Å². The van der Waals surface area contributed by atoms with Gasteiger partial charge in [0.05, 0.1) is 6.61 Å². The van der Waals surface area contributed by atoms with Crippen LogP contribution in [0.1, 0.15) is 37.4 Å². The van der Waals surface area contributed by atoms with Crippen molar-refractivity contribution in [2.75, 3.05) is 19.7 Å². The predicted octanol–water partition coefficient (Wildman–Crippen LogP) is 3.60. The minimum atomic E-state index is -0.343. The number of hydrogen-bond acceptors (Lipinski definition) is 6. The first-order valence-corrected chi connectivity index (χ1v) is 11.1. The lowest BCUT2D eigenvalue weighted by molar-refractivity contribution is -0.132. The van der Waals surface area contributed by atoms with E-state index in [9.17, 15) is 14.0 Å². The Hall–Kier alpha value is -3.07. The zero-order chi connectivity index (χ0) is 21.6. The van der Waals surface area contributed by atoms with Crippen LogP contribution >= 0.6 is 11.3 Å². The largest absolute Gasteiger partial charge is 0.493 e. The minimum absolute atomic E-state index is 0.0827. The van der Waals surface area contributed by atoms with E-state index in [4.69, 9.17) is 4.74 Å². The molecule has 2 aromatic heterocycles. The first kappa shape index (κ1) is 21.2. The van der Waals surface area contributed by atoms with Gasteiger partial charge in [-0.05, 0) is 31.4 Å². The Kier molecular flexibility index (Phi) is 6.71. The average molecular weight is 443 g/mol. The summed E-state index contributed by atoms with van der Waals surface area (Å²) < 4.78 is 18.6. The molecule has 0 bridgehead atoms. The maximum atomic E-state index is 13.1. The molecule has 0 atom stereocenters. The monoisotopic (exact) mass is 442 g/mol. The van der Waals surface area contributed by atoms with Crippen LogP contribution in [0.2, 0.25) is 0 Å². The van der Waals surface area contributed by atoms with Gasteiger partial charge < -0.3 is 14.6 Å². The number of carbonyl (C=O) groups excluding carboxylic acids is 1. The summed E-state index contributed by atoms with van der Waals surface area (Å²) in [5.74, 6) is 0.972. The summed E-state index contributed by atoms with van der Waals surface area (Å²) in [5, 5.41) is 2.57. The smallest absolute Gasteiger partial charge is 0.251 e. The van der Waals surface area contributed by atoms with Crippen LogP contribution < -0.4 is 10.3 Å². The highest BCUT2D eigenvalue weighted by Crippen LogP contribution is 2.27. The number of halogens is 1. The topological polar surface area (TPSA) is 88.2 Å². The molecule has 4 rings (SSSR count). The first-order valence-electron chi connectivity index (χ1n) is 10.3. The lowest BCUT2D eigenvalue weighted by Gasteiger charge is -2.31. The number of ether oxygens (including phenoxy) is 1. The Labute approximate surface area is 182 Å². The first-order chi connectivity index (χ1) is 15.1. The van der Waals surface area contributed by atoms with Gasteiger partial charge in [-0.2, -0.15) is 0 Å². The molecule has 7 nitrogen and oxygen atoms in total. The number of carbonyl (C=O) groups is 1. The molecule has 1 aliphatic heterocycles. The van der Waals surface area contributed by atoms with Crippen molar-refractivity contribution in [2.45, 2.75) is 31.6 Å².